The predicted molar refractivity (Wildman–Crippen MR) is 123 cm³/mol. The van der Waals surface area contributed by atoms with Crippen LogP contribution in [-0.2, 0) is 4.74 Å². The van der Waals surface area contributed by atoms with Gasteiger partial charge in [0.25, 0.3) is 0 Å². The first-order chi connectivity index (χ1) is 12.2. The molecule has 0 spiro atoms. The van der Waals surface area contributed by atoms with Crippen molar-refractivity contribution in [1.29, 1.82) is 0 Å². The topological polar surface area (TPSA) is 78.0 Å². The van der Waals surface area contributed by atoms with Crippen molar-refractivity contribution in [2.45, 2.75) is 65.5 Å². The molecule has 160 valence electrons. The number of ether oxygens (including phenoxy) is 1. The third kappa shape index (κ3) is 12.3. The molecule has 0 bridgehead atoms. The van der Waals surface area contributed by atoms with Crippen LogP contribution in [0, 0.1) is 5.92 Å². The fourth-order valence-corrected chi connectivity index (χ4v) is 2.99. The second-order valence-corrected chi connectivity index (χ2v) is 8.26. The normalized spacial score (nSPS) is 18.6. The molecule has 1 unspecified atom stereocenters. The average Bonchev–Trinajstić information content (AvgIpc) is 2.56. The van der Waals surface area contributed by atoms with Crippen LogP contribution < -0.4 is 16.0 Å². The fourth-order valence-electron chi connectivity index (χ4n) is 2.99. The second kappa shape index (κ2) is 13.4. The quantitative estimate of drug-likeness (QED) is 0.218. The van der Waals surface area contributed by atoms with Crippen LogP contribution in [0.15, 0.2) is 4.99 Å². The predicted octanol–water partition coefficient (Wildman–Crippen LogP) is 2.80. The number of hydrogen-bond acceptors (Lipinski definition) is 4. The Morgan fingerprint density at radius 3 is 2.48 bits per heavy atom. The van der Waals surface area contributed by atoms with E-state index in [1.807, 2.05) is 20.8 Å². The number of aliphatic imine (C=N–C) groups is 1. The summed E-state index contributed by atoms with van der Waals surface area (Å²) in [6, 6.07) is 0.618. The van der Waals surface area contributed by atoms with Gasteiger partial charge in [0.2, 0.25) is 0 Å². The molecular weight excluding hydrogens is 457 g/mol. The number of amides is 1. The zero-order chi connectivity index (χ0) is 19.6. The van der Waals surface area contributed by atoms with Gasteiger partial charge in [-0.15, -0.1) is 24.0 Å². The van der Waals surface area contributed by atoms with Gasteiger partial charge in [-0.05, 0) is 66.3 Å². The van der Waals surface area contributed by atoms with E-state index in [9.17, 15) is 4.79 Å². The minimum atomic E-state index is -0.460. The largest absolute Gasteiger partial charge is 0.444 e. The van der Waals surface area contributed by atoms with Gasteiger partial charge in [-0.1, -0.05) is 0 Å². The molecule has 1 rings (SSSR count). The van der Waals surface area contributed by atoms with Crippen LogP contribution in [0.5, 0.6) is 0 Å². The maximum Gasteiger partial charge on any atom is 0.407 e. The van der Waals surface area contributed by atoms with E-state index < -0.39 is 5.60 Å². The van der Waals surface area contributed by atoms with E-state index in [2.05, 4.69) is 39.7 Å². The molecule has 1 atom stereocenters. The van der Waals surface area contributed by atoms with E-state index in [0.29, 0.717) is 18.5 Å². The van der Waals surface area contributed by atoms with Crippen molar-refractivity contribution >= 4 is 36.0 Å². The number of alkyl carbamates (subject to hydrolysis) is 1. The third-order valence-corrected chi connectivity index (χ3v) is 4.38. The smallest absolute Gasteiger partial charge is 0.407 e. The Bertz CT molecular complexity index is 452. The highest BCUT2D eigenvalue weighted by Gasteiger charge is 2.21. The third-order valence-electron chi connectivity index (χ3n) is 4.38. The van der Waals surface area contributed by atoms with E-state index in [1.165, 1.54) is 19.4 Å². The molecule has 8 heteroatoms. The molecule has 0 radical (unpaired) electrons. The molecule has 0 aliphatic carbocycles. The highest BCUT2D eigenvalue weighted by atomic mass is 127. The molecule has 27 heavy (non-hydrogen) atoms. The molecule has 1 amide bonds. The van der Waals surface area contributed by atoms with Gasteiger partial charge in [0, 0.05) is 39.3 Å². The van der Waals surface area contributed by atoms with E-state index in [0.717, 1.165) is 32.0 Å². The number of nitrogens with one attached hydrogen (secondary N) is 3. The lowest BCUT2D eigenvalue weighted by Gasteiger charge is -2.35. The summed E-state index contributed by atoms with van der Waals surface area (Å²) >= 11 is 0. The fraction of sp³-hybridized carbons (Fsp3) is 0.895. The van der Waals surface area contributed by atoms with Gasteiger partial charge in [-0.25, -0.2) is 4.79 Å². The van der Waals surface area contributed by atoms with Gasteiger partial charge in [0.1, 0.15) is 5.60 Å². The molecule has 1 aliphatic heterocycles. The lowest BCUT2D eigenvalue weighted by Crippen LogP contribution is -2.46. The molecule has 0 aromatic rings. The van der Waals surface area contributed by atoms with Crippen molar-refractivity contribution in [2.75, 3.05) is 39.8 Å². The molecule has 1 saturated heterocycles. The molecule has 0 aromatic carbocycles. The van der Waals surface area contributed by atoms with Gasteiger partial charge < -0.3 is 25.6 Å². The highest BCUT2D eigenvalue weighted by Crippen LogP contribution is 2.17. The van der Waals surface area contributed by atoms with Gasteiger partial charge >= 0.3 is 6.09 Å². The van der Waals surface area contributed by atoms with E-state index in [4.69, 9.17) is 4.74 Å². The Hall–Kier alpha value is -0.770. The first kappa shape index (κ1) is 26.2. The summed E-state index contributed by atoms with van der Waals surface area (Å²) in [6.07, 6.45) is 2.98. The number of likely N-dealkylation sites (tertiary alicyclic amines) is 1. The number of rotatable bonds is 7. The van der Waals surface area contributed by atoms with Gasteiger partial charge in [0.15, 0.2) is 5.96 Å². The standard InChI is InChI=1S/C19H39N5O2.HI/c1-15(2)24-12-7-9-16(14-24)13-23-17(20-6)21-10-8-11-22-18(25)26-19(3,4)5;/h15-16H,7-14H2,1-6H3,(H,22,25)(H2,20,21,23);1H. The van der Waals surface area contributed by atoms with Crippen LogP contribution in [0.4, 0.5) is 4.79 Å². The van der Waals surface area contributed by atoms with Crippen LogP contribution in [0.1, 0.15) is 53.9 Å². The Labute approximate surface area is 182 Å². The monoisotopic (exact) mass is 497 g/mol. The molecule has 1 heterocycles. The highest BCUT2D eigenvalue weighted by molar-refractivity contribution is 14.0. The van der Waals surface area contributed by atoms with Crippen molar-refractivity contribution < 1.29 is 9.53 Å². The van der Waals surface area contributed by atoms with Crippen LogP contribution >= 0.6 is 24.0 Å². The first-order valence-electron chi connectivity index (χ1n) is 9.86. The van der Waals surface area contributed by atoms with Crippen molar-refractivity contribution in [3.63, 3.8) is 0 Å². The maximum atomic E-state index is 11.6. The molecule has 0 aromatic heterocycles. The van der Waals surface area contributed by atoms with Crippen molar-refractivity contribution in [1.82, 2.24) is 20.9 Å². The van der Waals surface area contributed by atoms with Gasteiger partial charge in [0.05, 0.1) is 0 Å². The zero-order valence-electron chi connectivity index (χ0n) is 17.9. The summed E-state index contributed by atoms with van der Waals surface area (Å²) in [4.78, 5) is 18.4. The van der Waals surface area contributed by atoms with Crippen LogP contribution in [-0.4, -0.2) is 68.4 Å². The van der Waals surface area contributed by atoms with E-state index >= 15 is 0 Å². The summed E-state index contributed by atoms with van der Waals surface area (Å²) in [5.74, 6) is 1.49. The Morgan fingerprint density at radius 1 is 1.22 bits per heavy atom. The summed E-state index contributed by atoms with van der Waals surface area (Å²) < 4.78 is 5.21. The SMILES string of the molecule is CN=C(NCCCNC(=O)OC(C)(C)C)NCC1CCCN(C(C)C)C1.I. The average molecular weight is 497 g/mol. The number of carbonyl (C=O) groups is 1. The number of carbonyl (C=O) groups excluding carboxylic acids is 1. The Kier molecular flexibility index (Phi) is 13.0. The summed E-state index contributed by atoms with van der Waals surface area (Å²) in [5, 5.41) is 9.49. The molecule has 1 aliphatic rings. The second-order valence-electron chi connectivity index (χ2n) is 8.26. The number of hydrogen-bond donors (Lipinski definition) is 3. The minimum absolute atomic E-state index is 0. The van der Waals surface area contributed by atoms with Crippen molar-refractivity contribution in [3.8, 4) is 0 Å². The molecule has 7 nitrogen and oxygen atoms in total. The Morgan fingerprint density at radius 2 is 1.89 bits per heavy atom. The van der Waals surface area contributed by atoms with Crippen molar-refractivity contribution in [3.05, 3.63) is 0 Å². The molecule has 1 fully saturated rings. The Balaban J connectivity index is 0.00000676. The van der Waals surface area contributed by atoms with Crippen LogP contribution in [0.2, 0.25) is 0 Å². The van der Waals surface area contributed by atoms with Gasteiger partial charge in [-0.3, -0.25) is 4.99 Å². The molecule has 0 saturated carbocycles. The number of halogens is 1. The first-order valence-corrected chi connectivity index (χ1v) is 9.86. The summed E-state index contributed by atoms with van der Waals surface area (Å²) in [6.45, 7) is 14.7. The van der Waals surface area contributed by atoms with Crippen molar-refractivity contribution in [2.24, 2.45) is 10.9 Å². The maximum absolute atomic E-state index is 11.6. The number of guanidine groups is 1. The van der Waals surface area contributed by atoms with E-state index in [1.54, 1.807) is 7.05 Å². The number of nitrogens with zero attached hydrogens (tertiary/aromatic N) is 2. The van der Waals surface area contributed by atoms with Crippen LogP contribution in [0.3, 0.4) is 0 Å². The minimum Gasteiger partial charge on any atom is -0.444 e. The van der Waals surface area contributed by atoms with Gasteiger partial charge in [-0.2, -0.15) is 0 Å². The molecule has 3 N–H and O–H groups in total. The summed E-state index contributed by atoms with van der Waals surface area (Å²) in [5.41, 5.74) is -0.460. The summed E-state index contributed by atoms with van der Waals surface area (Å²) in [7, 11) is 1.79. The van der Waals surface area contributed by atoms with Crippen LogP contribution in [0.25, 0.3) is 0 Å². The molecular formula is C19H40IN5O2. The van der Waals surface area contributed by atoms with E-state index in [-0.39, 0.29) is 30.1 Å². The zero-order valence-corrected chi connectivity index (χ0v) is 20.3. The lowest BCUT2D eigenvalue weighted by atomic mass is 9.97. The number of piperidine rings is 1. The lowest BCUT2D eigenvalue weighted by molar-refractivity contribution is 0.0527.